The lowest BCUT2D eigenvalue weighted by Gasteiger charge is -2.31. The average Bonchev–Trinajstić information content (AvgIpc) is 2.53. The molecule has 2 rings (SSSR count). The van der Waals surface area contributed by atoms with Crippen LogP contribution in [0.4, 0.5) is 21.8 Å². The van der Waals surface area contributed by atoms with Gasteiger partial charge in [-0.05, 0) is 30.0 Å². The Kier molecular flexibility index (Phi) is 5.28. The summed E-state index contributed by atoms with van der Waals surface area (Å²) in [6.45, 7) is 4.11. The second kappa shape index (κ2) is 7.20. The summed E-state index contributed by atoms with van der Waals surface area (Å²) < 4.78 is 13.1. The van der Waals surface area contributed by atoms with Crippen LogP contribution in [-0.4, -0.2) is 28.0 Å². The minimum absolute atomic E-state index is 0.0244. The summed E-state index contributed by atoms with van der Waals surface area (Å²) in [5.74, 6) is 0.125. The molecule has 0 amide bonds. The molecule has 7 nitrogen and oxygen atoms in total. The fourth-order valence-corrected chi connectivity index (χ4v) is 2.52. The monoisotopic (exact) mass is 333 g/mol. The van der Waals surface area contributed by atoms with Gasteiger partial charge in [-0.15, -0.1) is 0 Å². The largest absolute Gasteiger partial charge is 0.378 e. The van der Waals surface area contributed by atoms with Crippen molar-refractivity contribution in [2.45, 2.75) is 26.3 Å². The van der Waals surface area contributed by atoms with E-state index in [1.165, 1.54) is 12.1 Å². The first kappa shape index (κ1) is 17.6. The first-order valence-electron chi connectivity index (χ1n) is 7.53. The number of nitrogens with zero attached hydrogens (tertiary/aromatic N) is 4. The Bertz CT molecular complexity index is 721. The van der Waals surface area contributed by atoms with Gasteiger partial charge in [0.1, 0.15) is 12.0 Å². The van der Waals surface area contributed by atoms with E-state index in [0.29, 0.717) is 12.4 Å². The van der Waals surface area contributed by atoms with E-state index in [1.807, 2.05) is 11.9 Å². The van der Waals surface area contributed by atoms with Crippen LogP contribution in [-0.2, 0) is 6.42 Å². The number of anilines is 2. The van der Waals surface area contributed by atoms with Gasteiger partial charge in [-0.3, -0.25) is 10.1 Å². The molecule has 0 aliphatic heterocycles. The smallest absolute Gasteiger partial charge is 0.329 e. The Hall–Kier alpha value is -2.77. The molecule has 1 unspecified atom stereocenters. The maximum absolute atomic E-state index is 13.1. The van der Waals surface area contributed by atoms with Gasteiger partial charge in [0.2, 0.25) is 11.8 Å². The molecule has 0 saturated heterocycles. The van der Waals surface area contributed by atoms with Crippen molar-refractivity contribution in [2.75, 3.05) is 17.7 Å². The minimum atomic E-state index is -0.614. The predicted octanol–water partition coefficient (Wildman–Crippen LogP) is 2.81. The van der Waals surface area contributed by atoms with Crippen LogP contribution < -0.4 is 10.6 Å². The van der Waals surface area contributed by atoms with Gasteiger partial charge in [-0.2, -0.15) is 4.98 Å². The second-order valence-corrected chi connectivity index (χ2v) is 5.95. The van der Waals surface area contributed by atoms with Gasteiger partial charge in [0, 0.05) is 13.1 Å². The third-order valence-electron chi connectivity index (χ3n) is 3.92. The Morgan fingerprint density at radius 1 is 1.33 bits per heavy atom. The highest BCUT2D eigenvalue weighted by molar-refractivity contribution is 5.53. The molecule has 128 valence electrons. The summed E-state index contributed by atoms with van der Waals surface area (Å²) in [6, 6.07) is 6.35. The highest BCUT2D eigenvalue weighted by atomic mass is 19.1. The Labute approximate surface area is 139 Å². The lowest BCUT2D eigenvalue weighted by molar-refractivity contribution is -0.384. The molecular formula is C16H20FN5O2. The van der Waals surface area contributed by atoms with Crippen LogP contribution in [0.15, 0.2) is 30.5 Å². The number of benzene rings is 1. The topological polar surface area (TPSA) is 98.2 Å². The molecule has 0 radical (unpaired) electrons. The molecule has 2 N–H and O–H groups in total. The number of aromatic nitrogens is 2. The van der Waals surface area contributed by atoms with Crippen LogP contribution in [0.5, 0.6) is 0 Å². The number of nitrogens with two attached hydrogens (primary N) is 1. The van der Waals surface area contributed by atoms with Crippen molar-refractivity contribution < 1.29 is 9.31 Å². The van der Waals surface area contributed by atoms with Crippen LogP contribution in [0.3, 0.4) is 0 Å². The third-order valence-corrected chi connectivity index (χ3v) is 3.92. The standard InChI is InChI=1S/C16H20FN5O2/c1-10(2)13(8-11-4-6-12(17)7-5-11)21(3)16-19-9-14(22(23)24)15(18)20-16/h4-7,9-10,13H,8H2,1-3H3,(H2,18,19,20). The molecular weight excluding hydrogens is 313 g/mol. The van der Waals surface area contributed by atoms with Crippen molar-refractivity contribution in [1.82, 2.24) is 9.97 Å². The van der Waals surface area contributed by atoms with E-state index in [9.17, 15) is 14.5 Å². The SMILES string of the molecule is CC(C)C(Cc1ccc(F)cc1)N(C)c1ncc([N+](=O)[O-])c(N)n1. The molecule has 0 aliphatic rings. The van der Waals surface area contributed by atoms with Gasteiger partial charge in [0.25, 0.3) is 0 Å². The molecule has 1 aromatic carbocycles. The maximum atomic E-state index is 13.1. The molecule has 0 saturated carbocycles. The number of hydrogen-bond acceptors (Lipinski definition) is 6. The zero-order valence-electron chi connectivity index (χ0n) is 13.8. The Balaban J connectivity index is 2.25. The highest BCUT2D eigenvalue weighted by Gasteiger charge is 2.23. The lowest BCUT2D eigenvalue weighted by Crippen LogP contribution is -2.39. The van der Waals surface area contributed by atoms with Crippen molar-refractivity contribution in [3.05, 3.63) is 52.0 Å². The van der Waals surface area contributed by atoms with E-state index in [0.717, 1.165) is 11.8 Å². The van der Waals surface area contributed by atoms with Crippen molar-refractivity contribution in [3.8, 4) is 0 Å². The van der Waals surface area contributed by atoms with Gasteiger partial charge >= 0.3 is 5.69 Å². The Morgan fingerprint density at radius 2 is 1.96 bits per heavy atom. The summed E-state index contributed by atoms with van der Waals surface area (Å²) in [7, 11) is 1.81. The molecule has 0 spiro atoms. The summed E-state index contributed by atoms with van der Waals surface area (Å²) in [5.41, 5.74) is 6.31. The molecule has 0 bridgehead atoms. The fourth-order valence-electron chi connectivity index (χ4n) is 2.52. The lowest BCUT2D eigenvalue weighted by atomic mass is 9.95. The first-order valence-corrected chi connectivity index (χ1v) is 7.53. The quantitative estimate of drug-likeness (QED) is 0.645. The van der Waals surface area contributed by atoms with Crippen LogP contribution in [0, 0.1) is 21.8 Å². The molecule has 8 heteroatoms. The second-order valence-electron chi connectivity index (χ2n) is 5.95. The summed E-state index contributed by atoms with van der Waals surface area (Å²) in [4.78, 5) is 20.1. The van der Waals surface area contributed by atoms with Gasteiger partial charge in [0.15, 0.2) is 0 Å². The first-order chi connectivity index (χ1) is 11.3. The predicted molar refractivity (Wildman–Crippen MR) is 90.2 cm³/mol. The normalized spacial score (nSPS) is 12.2. The summed E-state index contributed by atoms with van der Waals surface area (Å²) >= 11 is 0. The molecule has 1 atom stereocenters. The van der Waals surface area contributed by atoms with Crippen molar-refractivity contribution in [2.24, 2.45) is 5.92 Å². The third kappa shape index (κ3) is 3.95. The van der Waals surface area contributed by atoms with Gasteiger partial charge in [-0.25, -0.2) is 9.37 Å². The number of rotatable bonds is 6. The highest BCUT2D eigenvalue weighted by Crippen LogP contribution is 2.24. The molecule has 24 heavy (non-hydrogen) atoms. The zero-order valence-corrected chi connectivity index (χ0v) is 13.8. The van der Waals surface area contributed by atoms with Gasteiger partial charge in [0.05, 0.1) is 4.92 Å². The molecule has 2 aromatic rings. The van der Waals surface area contributed by atoms with Crippen LogP contribution in [0.2, 0.25) is 0 Å². The van der Waals surface area contributed by atoms with E-state index in [-0.39, 0.29) is 29.3 Å². The minimum Gasteiger partial charge on any atom is -0.378 e. The number of nitro groups is 1. The van der Waals surface area contributed by atoms with Crippen LogP contribution in [0.1, 0.15) is 19.4 Å². The van der Waals surface area contributed by atoms with E-state index in [2.05, 4.69) is 23.8 Å². The number of hydrogen-bond donors (Lipinski definition) is 1. The number of nitrogen functional groups attached to an aromatic ring is 1. The van der Waals surface area contributed by atoms with E-state index >= 15 is 0 Å². The summed E-state index contributed by atoms with van der Waals surface area (Å²) in [5, 5.41) is 10.8. The zero-order chi connectivity index (χ0) is 17.9. The van der Waals surface area contributed by atoms with Crippen molar-refractivity contribution in [3.63, 3.8) is 0 Å². The van der Waals surface area contributed by atoms with E-state index in [1.54, 1.807) is 12.1 Å². The maximum Gasteiger partial charge on any atom is 0.329 e. The summed E-state index contributed by atoms with van der Waals surface area (Å²) in [6.07, 6.45) is 1.78. The van der Waals surface area contributed by atoms with Gasteiger partial charge < -0.3 is 10.6 Å². The molecule has 0 fully saturated rings. The van der Waals surface area contributed by atoms with Gasteiger partial charge in [-0.1, -0.05) is 26.0 Å². The van der Waals surface area contributed by atoms with E-state index < -0.39 is 4.92 Å². The average molecular weight is 333 g/mol. The van der Waals surface area contributed by atoms with E-state index in [4.69, 9.17) is 5.73 Å². The van der Waals surface area contributed by atoms with Crippen LogP contribution >= 0.6 is 0 Å². The van der Waals surface area contributed by atoms with Crippen molar-refractivity contribution in [1.29, 1.82) is 0 Å². The molecule has 1 aromatic heterocycles. The number of halogens is 1. The van der Waals surface area contributed by atoms with Crippen LogP contribution in [0.25, 0.3) is 0 Å². The molecule has 0 aliphatic carbocycles. The van der Waals surface area contributed by atoms with Crippen molar-refractivity contribution >= 4 is 17.5 Å². The Morgan fingerprint density at radius 3 is 2.46 bits per heavy atom. The fraction of sp³-hybridized carbons (Fsp3) is 0.375. The number of likely N-dealkylation sites (N-methyl/N-ethyl adjacent to an activating group) is 1. The molecule has 1 heterocycles.